The molecule has 286 valence electrons. The molecule has 0 N–H and O–H groups in total. The Morgan fingerprint density at radius 1 is 0.661 bits per heavy atom. The summed E-state index contributed by atoms with van der Waals surface area (Å²) in [6.45, 7) is 2.35. The molecule has 0 aliphatic carbocycles. The van der Waals surface area contributed by atoms with Gasteiger partial charge >= 0.3 is 0 Å². The number of rotatable bonds is 10. The van der Waals surface area contributed by atoms with Crippen LogP contribution in [0.3, 0.4) is 0 Å². The van der Waals surface area contributed by atoms with Crippen LogP contribution < -0.4 is 18.9 Å². The molecule has 0 fully saturated rings. The Morgan fingerprint density at radius 2 is 1.12 bits per heavy atom. The van der Waals surface area contributed by atoms with E-state index in [-0.39, 0.29) is 37.1 Å². The number of carbonyl (C=O) groups is 2. The van der Waals surface area contributed by atoms with Crippen LogP contribution in [0.2, 0.25) is 0 Å². The normalized spacial score (nSPS) is 17.9. The minimum atomic E-state index is -0.106. The second kappa shape index (κ2) is 14.9. The summed E-state index contributed by atoms with van der Waals surface area (Å²) in [5, 5.41) is 4.17. The number of amides is 2. The molecule has 5 aromatic rings. The average Bonchev–Trinajstić information content (AvgIpc) is 3.82. The number of aliphatic imine (C=N–C) groups is 2. The molecule has 11 nitrogen and oxygen atoms in total. The highest BCUT2D eigenvalue weighted by Gasteiger charge is 2.35. The topological polar surface area (TPSA) is 106 Å². The maximum Gasteiger partial charge on any atom is 0.257 e. The Hall–Kier alpha value is -5.50. The Morgan fingerprint density at radius 3 is 1.57 bits per heavy atom. The zero-order valence-corrected chi connectivity index (χ0v) is 33.2. The molecule has 4 aliphatic heterocycles. The quantitative estimate of drug-likeness (QED) is 0.144. The van der Waals surface area contributed by atoms with Gasteiger partial charge in [-0.05, 0) is 95.8 Å². The highest BCUT2D eigenvalue weighted by Crippen LogP contribution is 2.41. The van der Waals surface area contributed by atoms with Crippen LogP contribution in [0.15, 0.2) is 75.3 Å². The van der Waals surface area contributed by atoms with E-state index >= 15 is 0 Å². The molecule has 56 heavy (non-hydrogen) atoms. The summed E-state index contributed by atoms with van der Waals surface area (Å²) in [5.41, 5.74) is 7.65. The van der Waals surface area contributed by atoms with Crippen LogP contribution in [0.1, 0.15) is 58.3 Å². The van der Waals surface area contributed by atoms with Crippen molar-refractivity contribution in [3.8, 4) is 23.0 Å². The first-order valence-corrected chi connectivity index (χ1v) is 20.3. The Bertz CT molecular complexity index is 2260. The number of carbonyl (C=O) groups excluding carboxylic acids is 2. The molecule has 6 heterocycles. The lowest BCUT2D eigenvalue weighted by Gasteiger charge is -2.32. The fraction of sp³-hybridized carbons (Fsp3) is 0.302. The third kappa shape index (κ3) is 6.84. The summed E-state index contributed by atoms with van der Waals surface area (Å²) in [4.78, 5) is 45.5. The smallest absolute Gasteiger partial charge is 0.257 e. The van der Waals surface area contributed by atoms with Gasteiger partial charge in [-0.2, -0.15) is 0 Å². The summed E-state index contributed by atoms with van der Waals surface area (Å²) in [6, 6.07) is 17.5. The SMILES string of the molecule is COc1cc2c(cc1OCc1cc(COc3cc4c(cc3OC)C(=O)N3Cc5sccc5C[C@H]3C=N4)cc(CN(C)C)c1)N=C[C@@H]1Cc3ccsc3CN1C2=O. The molecular formula is C43H41N5O6S2. The zero-order chi connectivity index (χ0) is 38.5. The van der Waals surface area contributed by atoms with Crippen LogP contribution in [0.25, 0.3) is 0 Å². The summed E-state index contributed by atoms with van der Waals surface area (Å²) < 4.78 is 24.3. The molecule has 2 atom stereocenters. The van der Waals surface area contributed by atoms with Crippen molar-refractivity contribution < 1.29 is 28.5 Å². The fourth-order valence-electron chi connectivity index (χ4n) is 7.93. The third-order valence-electron chi connectivity index (χ3n) is 10.7. The number of thiophene rings is 2. The highest BCUT2D eigenvalue weighted by atomic mass is 32.1. The molecule has 0 saturated heterocycles. The first-order valence-electron chi connectivity index (χ1n) is 18.5. The van der Waals surface area contributed by atoms with E-state index in [0.29, 0.717) is 65.1 Å². The minimum Gasteiger partial charge on any atom is -0.493 e. The van der Waals surface area contributed by atoms with E-state index in [1.165, 1.54) is 20.9 Å². The minimum absolute atomic E-state index is 0.0649. The van der Waals surface area contributed by atoms with Crippen LogP contribution in [0.4, 0.5) is 11.4 Å². The number of fused-ring (bicyclic) bond motifs is 6. The fourth-order valence-corrected chi connectivity index (χ4v) is 9.75. The van der Waals surface area contributed by atoms with Gasteiger partial charge in [-0.3, -0.25) is 19.6 Å². The van der Waals surface area contributed by atoms with Gasteiger partial charge in [0.15, 0.2) is 23.0 Å². The molecule has 0 saturated carbocycles. The van der Waals surface area contributed by atoms with Gasteiger partial charge in [0.05, 0.1) is 61.9 Å². The van der Waals surface area contributed by atoms with Gasteiger partial charge in [0, 0.05) is 40.9 Å². The molecule has 9 rings (SSSR count). The maximum absolute atomic E-state index is 13.8. The molecule has 4 aliphatic rings. The van der Waals surface area contributed by atoms with Crippen molar-refractivity contribution in [1.29, 1.82) is 0 Å². The van der Waals surface area contributed by atoms with Crippen molar-refractivity contribution in [2.45, 2.75) is 57.8 Å². The molecule has 3 aromatic carbocycles. The van der Waals surface area contributed by atoms with Gasteiger partial charge in [-0.1, -0.05) is 12.1 Å². The second-order valence-electron chi connectivity index (χ2n) is 14.7. The van der Waals surface area contributed by atoms with Crippen LogP contribution in [-0.2, 0) is 45.7 Å². The van der Waals surface area contributed by atoms with Gasteiger partial charge in [0.2, 0.25) is 0 Å². The second-order valence-corrected chi connectivity index (χ2v) is 16.7. The Labute approximate surface area is 333 Å². The lowest BCUT2D eigenvalue weighted by Crippen LogP contribution is -2.43. The molecule has 13 heteroatoms. The Balaban J connectivity index is 0.945. The molecular weight excluding hydrogens is 747 g/mol. The van der Waals surface area contributed by atoms with Crippen molar-refractivity contribution in [3.05, 3.63) is 114 Å². The highest BCUT2D eigenvalue weighted by molar-refractivity contribution is 7.10. The van der Waals surface area contributed by atoms with Crippen molar-refractivity contribution in [2.24, 2.45) is 9.98 Å². The predicted octanol–water partition coefficient (Wildman–Crippen LogP) is 7.61. The van der Waals surface area contributed by atoms with Crippen molar-refractivity contribution in [3.63, 3.8) is 0 Å². The van der Waals surface area contributed by atoms with Crippen LogP contribution in [0, 0.1) is 0 Å². The van der Waals surface area contributed by atoms with Gasteiger partial charge in [-0.25, -0.2) is 0 Å². The number of benzene rings is 3. The van der Waals surface area contributed by atoms with Crippen LogP contribution in [0.5, 0.6) is 23.0 Å². The summed E-state index contributed by atoms with van der Waals surface area (Å²) in [7, 11) is 7.22. The number of hydrogen-bond acceptors (Lipinski definition) is 11. The third-order valence-corrected chi connectivity index (χ3v) is 12.6. The van der Waals surface area contributed by atoms with E-state index in [9.17, 15) is 9.59 Å². The molecule has 0 radical (unpaired) electrons. The van der Waals surface area contributed by atoms with Crippen molar-refractivity contribution in [2.75, 3.05) is 28.3 Å². The first kappa shape index (κ1) is 36.2. The molecule has 0 unspecified atom stereocenters. The lowest BCUT2D eigenvalue weighted by atomic mass is 10.0. The molecule has 2 amide bonds. The standard InChI is InChI=1S/C43H41N5O6S2/c1-46(2)20-25-9-26(23-53-38-16-34-32(14-36(38)51-3)42(49)47-21-40-28(5-7-55-40)12-30(47)18-44-34)11-27(10-25)24-54-39-17-35-33(15-37(39)52-4)43(50)48-22-41-29(6-8-56-41)13-31(48)19-45-35/h5-11,14-19,30-31H,12-13,20-24H2,1-4H3/t30-,31-/m0/s1. The predicted molar refractivity (Wildman–Crippen MR) is 218 cm³/mol. The van der Waals surface area contributed by atoms with Crippen LogP contribution >= 0.6 is 22.7 Å². The number of ether oxygens (including phenoxy) is 4. The number of nitrogens with zero attached hydrogens (tertiary/aromatic N) is 5. The first-order chi connectivity index (χ1) is 27.2. The van der Waals surface area contributed by atoms with E-state index in [0.717, 1.165) is 29.5 Å². The average molecular weight is 788 g/mol. The van der Waals surface area contributed by atoms with Gasteiger partial charge in [0.1, 0.15) is 13.2 Å². The largest absolute Gasteiger partial charge is 0.493 e. The van der Waals surface area contributed by atoms with E-state index in [4.69, 9.17) is 28.9 Å². The van der Waals surface area contributed by atoms with Crippen molar-refractivity contribution >= 4 is 58.3 Å². The summed E-state index contributed by atoms with van der Waals surface area (Å²) in [6.07, 6.45) is 5.26. The lowest BCUT2D eigenvalue weighted by molar-refractivity contribution is 0.0698. The van der Waals surface area contributed by atoms with E-state index < -0.39 is 0 Å². The summed E-state index contributed by atoms with van der Waals surface area (Å²) in [5.74, 6) is 1.81. The Kier molecular flexibility index (Phi) is 9.60. The number of hydrogen-bond donors (Lipinski definition) is 0. The number of methoxy groups -OCH3 is 2. The van der Waals surface area contributed by atoms with E-state index in [2.05, 4.69) is 46.0 Å². The maximum atomic E-state index is 13.8. The summed E-state index contributed by atoms with van der Waals surface area (Å²) >= 11 is 3.37. The molecule has 0 spiro atoms. The van der Waals surface area contributed by atoms with Crippen molar-refractivity contribution in [1.82, 2.24) is 14.7 Å². The van der Waals surface area contributed by atoms with E-state index in [1.54, 1.807) is 61.2 Å². The molecule has 2 aromatic heterocycles. The van der Waals surface area contributed by atoms with Crippen LogP contribution in [-0.4, -0.2) is 79.3 Å². The van der Waals surface area contributed by atoms with E-state index in [1.807, 2.05) is 36.3 Å². The molecule has 0 bridgehead atoms. The van der Waals surface area contributed by atoms with Gasteiger partial charge in [0.25, 0.3) is 11.8 Å². The van der Waals surface area contributed by atoms with Gasteiger partial charge in [-0.15, -0.1) is 22.7 Å². The zero-order valence-electron chi connectivity index (χ0n) is 31.6. The monoisotopic (exact) mass is 787 g/mol. The van der Waals surface area contributed by atoms with Gasteiger partial charge < -0.3 is 33.6 Å².